The molecule has 1 rings (SSSR count). The zero-order valence-corrected chi connectivity index (χ0v) is 22.5. The van der Waals surface area contributed by atoms with Crippen LogP contribution in [0.15, 0.2) is 79.0 Å². The summed E-state index contributed by atoms with van der Waals surface area (Å²) in [6.07, 6.45) is 29.9. The predicted molar refractivity (Wildman–Crippen MR) is 152 cm³/mol. The Bertz CT molecular complexity index is 936. The molecule has 0 saturated heterocycles. The molecule has 1 aromatic rings. The van der Waals surface area contributed by atoms with Crippen LogP contribution in [-0.2, 0) is 16.0 Å². The first-order valence-corrected chi connectivity index (χ1v) is 13.4. The number of Topliss-reactive ketones (excluding diaryl/α,β-unsaturated/α-hetero) is 1. The van der Waals surface area contributed by atoms with Gasteiger partial charge in [0.25, 0.3) is 0 Å². The second kappa shape index (κ2) is 21.0. The van der Waals surface area contributed by atoms with Gasteiger partial charge in [0.05, 0.1) is 0 Å². The molecule has 202 valence electrons. The molecule has 5 nitrogen and oxygen atoms in total. The number of carbonyl (C=O) groups is 2. The number of ketones is 1. The van der Waals surface area contributed by atoms with Crippen LogP contribution in [0.3, 0.4) is 0 Å². The van der Waals surface area contributed by atoms with Gasteiger partial charge in [0.1, 0.15) is 17.4 Å². The first kappa shape index (κ1) is 31.8. The fourth-order valence-electron chi connectivity index (χ4n) is 3.58. The lowest BCUT2D eigenvalue weighted by Gasteiger charge is -2.15. The minimum atomic E-state index is -1.22. The van der Waals surface area contributed by atoms with Crippen molar-refractivity contribution in [3.8, 4) is 5.75 Å². The molecule has 1 aromatic carbocycles. The van der Waals surface area contributed by atoms with Crippen LogP contribution in [0, 0.1) is 0 Å². The summed E-state index contributed by atoms with van der Waals surface area (Å²) in [5, 5.41) is 18.7. The summed E-state index contributed by atoms with van der Waals surface area (Å²) in [5.41, 5.74) is 0.356. The van der Waals surface area contributed by atoms with E-state index in [1.165, 1.54) is 12.1 Å². The minimum Gasteiger partial charge on any atom is -0.507 e. The van der Waals surface area contributed by atoms with Crippen LogP contribution >= 0.6 is 0 Å². The van der Waals surface area contributed by atoms with Gasteiger partial charge in [-0.2, -0.15) is 0 Å². The quantitative estimate of drug-likeness (QED) is 0.138. The zero-order chi connectivity index (χ0) is 27.1. The molecule has 0 heterocycles. The number of rotatable bonds is 20. The fourth-order valence-corrected chi connectivity index (χ4v) is 3.58. The number of ether oxygens (including phenoxy) is 1. The molecule has 5 heteroatoms. The molecule has 0 fully saturated rings. The molecule has 0 radical (unpaired) electrons. The highest BCUT2D eigenvalue weighted by Crippen LogP contribution is 2.19. The van der Waals surface area contributed by atoms with Crippen molar-refractivity contribution in [2.75, 3.05) is 6.61 Å². The van der Waals surface area contributed by atoms with Gasteiger partial charge >= 0.3 is 5.97 Å². The Balaban J connectivity index is 2.15. The highest BCUT2D eigenvalue weighted by molar-refractivity contribution is 5.92. The third-order valence-electron chi connectivity index (χ3n) is 5.64. The Labute approximate surface area is 222 Å². The summed E-state index contributed by atoms with van der Waals surface area (Å²) in [6.45, 7) is 4.56. The maximum absolute atomic E-state index is 12.6. The number of aromatic hydroxyl groups is 1. The second-order valence-electron chi connectivity index (χ2n) is 8.77. The van der Waals surface area contributed by atoms with Crippen LogP contribution in [0.2, 0.25) is 0 Å². The molecule has 0 spiro atoms. The maximum atomic E-state index is 12.6. The number of unbranched alkanes of at least 4 members (excludes halogenated alkanes) is 2. The van der Waals surface area contributed by atoms with E-state index in [1.54, 1.807) is 6.07 Å². The van der Waals surface area contributed by atoms with Gasteiger partial charge in [0.15, 0.2) is 5.78 Å². The number of hydrogen-bond donors (Lipinski definition) is 2. The van der Waals surface area contributed by atoms with E-state index in [4.69, 9.17) is 9.84 Å². The number of phenols is 1. The van der Waals surface area contributed by atoms with Crippen molar-refractivity contribution in [2.45, 2.75) is 84.2 Å². The summed E-state index contributed by atoms with van der Waals surface area (Å²) >= 11 is 0. The Kier molecular flexibility index (Phi) is 18.0. The number of hydrogen-bond acceptors (Lipinski definition) is 4. The molecule has 37 heavy (non-hydrogen) atoms. The smallest absolute Gasteiger partial charge is 0.339 e. The minimum absolute atomic E-state index is 0.0812. The van der Waals surface area contributed by atoms with Crippen molar-refractivity contribution in [1.29, 1.82) is 0 Å². The van der Waals surface area contributed by atoms with Crippen molar-refractivity contribution in [3.05, 3.63) is 90.1 Å². The molecule has 1 atom stereocenters. The van der Waals surface area contributed by atoms with Crippen molar-refractivity contribution in [2.24, 2.45) is 0 Å². The van der Waals surface area contributed by atoms with Gasteiger partial charge in [-0.05, 0) is 75.5 Å². The molecule has 0 aliphatic heterocycles. The third kappa shape index (κ3) is 15.5. The number of aromatic carboxylic acids is 1. The van der Waals surface area contributed by atoms with E-state index in [0.717, 1.165) is 51.4 Å². The van der Waals surface area contributed by atoms with E-state index in [2.05, 4.69) is 67.7 Å². The summed E-state index contributed by atoms with van der Waals surface area (Å²) in [6, 6.07) is 4.22. The lowest BCUT2D eigenvalue weighted by atomic mass is 10.0. The third-order valence-corrected chi connectivity index (χ3v) is 5.64. The number of allylic oxidation sites excluding steroid dienone is 10. The van der Waals surface area contributed by atoms with Gasteiger partial charge in [-0.15, -0.1) is 0 Å². The molecule has 0 amide bonds. The normalized spacial score (nSPS) is 13.1. The molecule has 0 aliphatic rings. The first-order valence-electron chi connectivity index (χ1n) is 13.4. The monoisotopic (exact) mass is 508 g/mol. The van der Waals surface area contributed by atoms with Gasteiger partial charge in [0, 0.05) is 13.0 Å². The van der Waals surface area contributed by atoms with Gasteiger partial charge in [0.2, 0.25) is 0 Å². The zero-order valence-electron chi connectivity index (χ0n) is 22.5. The van der Waals surface area contributed by atoms with Crippen LogP contribution in [0.25, 0.3) is 0 Å². The maximum Gasteiger partial charge on any atom is 0.339 e. The summed E-state index contributed by atoms with van der Waals surface area (Å²) in [7, 11) is 0. The van der Waals surface area contributed by atoms with Crippen LogP contribution in [0.1, 0.15) is 87.6 Å². The van der Waals surface area contributed by atoms with Gasteiger partial charge < -0.3 is 14.9 Å². The largest absolute Gasteiger partial charge is 0.507 e. The summed E-state index contributed by atoms with van der Waals surface area (Å²) < 4.78 is 5.79. The first-order chi connectivity index (χ1) is 18.0. The summed E-state index contributed by atoms with van der Waals surface area (Å²) in [5.74, 6) is -1.61. The molecule has 1 unspecified atom stereocenters. The molecule has 2 N–H and O–H groups in total. The van der Waals surface area contributed by atoms with Gasteiger partial charge in [-0.1, -0.05) is 80.7 Å². The Hall–Kier alpha value is -3.18. The lowest BCUT2D eigenvalue weighted by Crippen LogP contribution is -2.25. The fraction of sp³-hybridized carbons (Fsp3) is 0.438. The Morgan fingerprint density at radius 1 is 0.838 bits per heavy atom. The van der Waals surface area contributed by atoms with Crippen LogP contribution < -0.4 is 0 Å². The lowest BCUT2D eigenvalue weighted by molar-refractivity contribution is -0.130. The standard InChI is InChI=1S/C32H44O5/c1-3-5-6-7-8-9-10-11-12-13-14-15-16-17-18-19-20-21-24-37-31(4-2)30(34)26-27-22-23-29(33)28(25-27)32(35)36/h5-6,8-9,11-12,14-15,17-18,22-23,25,31,33H,3-4,7,10,13,16,19-21,24,26H2,1-2H3,(H,35,36)/b6-5-,9-8-,12-11-,15-14-,18-17-. The van der Waals surface area contributed by atoms with E-state index in [-0.39, 0.29) is 23.5 Å². The average Bonchev–Trinajstić information content (AvgIpc) is 2.88. The van der Waals surface area contributed by atoms with Crippen LogP contribution in [0.4, 0.5) is 0 Å². The molecule has 0 aromatic heterocycles. The average molecular weight is 509 g/mol. The van der Waals surface area contributed by atoms with E-state index in [9.17, 15) is 14.7 Å². The summed E-state index contributed by atoms with van der Waals surface area (Å²) in [4.78, 5) is 23.7. The van der Waals surface area contributed by atoms with Gasteiger partial charge in [-0.25, -0.2) is 4.79 Å². The number of carboxylic acid groups (broad SMARTS) is 1. The topological polar surface area (TPSA) is 83.8 Å². The highest BCUT2D eigenvalue weighted by atomic mass is 16.5. The number of benzene rings is 1. The highest BCUT2D eigenvalue weighted by Gasteiger charge is 2.18. The predicted octanol–water partition coefficient (Wildman–Crippen LogP) is 7.92. The molecular weight excluding hydrogens is 464 g/mol. The van der Waals surface area contributed by atoms with Crippen LogP contribution in [0.5, 0.6) is 5.75 Å². The Morgan fingerprint density at radius 2 is 1.41 bits per heavy atom. The van der Waals surface area contributed by atoms with Crippen molar-refractivity contribution < 1.29 is 24.5 Å². The molecule has 0 aliphatic carbocycles. The Morgan fingerprint density at radius 3 is 1.95 bits per heavy atom. The number of carbonyl (C=O) groups excluding carboxylic acids is 1. The number of carboxylic acids is 1. The van der Waals surface area contributed by atoms with E-state index in [1.807, 2.05) is 6.92 Å². The molecular formula is C32H44O5. The van der Waals surface area contributed by atoms with Crippen molar-refractivity contribution in [1.82, 2.24) is 0 Å². The second-order valence-corrected chi connectivity index (χ2v) is 8.77. The van der Waals surface area contributed by atoms with Gasteiger partial charge in [-0.3, -0.25) is 4.79 Å². The van der Waals surface area contributed by atoms with E-state index < -0.39 is 12.1 Å². The molecule has 0 saturated carbocycles. The van der Waals surface area contributed by atoms with Crippen molar-refractivity contribution in [3.63, 3.8) is 0 Å². The van der Waals surface area contributed by atoms with E-state index in [0.29, 0.717) is 18.6 Å². The molecule has 0 bridgehead atoms. The van der Waals surface area contributed by atoms with Crippen molar-refractivity contribution >= 4 is 11.8 Å². The van der Waals surface area contributed by atoms with Crippen LogP contribution in [-0.4, -0.2) is 34.7 Å². The van der Waals surface area contributed by atoms with E-state index >= 15 is 0 Å². The SMILES string of the molecule is CC/C=C\C/C=C\C/C=C\C/C=C\C/C=C\CCCCOC(CC)C(=O)Cc1ccc(O)c(C(=O)O)c1.